The standard InChI is InChI=1S/C24H43NSi/c1-16-14-17-10-7-8-11-19(17)21-15-22(26(5,6)25-24(2,3)4)20-13-9-12-18(16)23(20)21/h17-23,25H,1,7-15H2,2-6H3. The first-order valence-electron chi connectivity index (χ1n) is 11.6. The van der Waals surface area contributed by atoms with Gasteiger partial charge in [-0.15, -0.1) is 0 Å². The molecule has 0 aromatic carbocycles. The SMILES string of the molecule is C=C1CC2CCCCC2C2CC([Si](C)(C)NC(C)(C)C)C3CCCC1C23. The van der Waals surface area contributed by atoms with Crippen molar-refractivity contribution in [3.05, 3.63) is 12.2 Å². The maximum Gasteiger partial charge on any atom is 0.123 e. The Morgan fingerprint density at radius 2 is 1.62 bits per heavy atom. The van der Waals surface area contributed by atoms with Gasteiger partial charge in [0.2, 0.25) is 0 Å². The molecule has 0 saturated heterocycles. The lowest BCUT2D eigenvalue weighted by Gasteiger charge is -2.44. The molecule has 4 saturated carbocycles. The fourth-order valence-corrected chi connectivity index (χ4v) is 12.8. The quantitative estimate of drug-likeness (QED) is 0.416. The van der Waals surface area contributed by atoms with Gasteiger partial charge in [0.1, 0.15) is 8.24 Å². The smallest absolute Gasteiger partial charge is 0.123 e. The van der Waals surface area contributed by atoms with Crippen molar-refractivity contribution >= 4 is 8.24 Å². The Balaban J connectivity index is 1.67. The second-order valence-corrected chi connectivity index (χ2v) is 16.4. The molecule has 0 bridgehead atoms. The molecule has 1 N–H and O–H groups in total. The molecule has 148 valence electrons. The summed E-state index contributed by atoms with van der Waals surface area (Å²) in [7, 11) is -1.45. The molecule has 4 fully saturated rings. The number of allylic oxidation sites excluding steroid dienone is 1. The Morgan fingerprint density at radius 1 is 0.923 bits per heavy atom. The summed E-state index contributed by atoms with van der Waals surface area (Å²) in [5, 5.41) is 0. The Kier molecular flexibility index (Phi) is 5.00. The molecule has 0 aromatic heterocycles. The molecule has 4 rings (SSSR count). The van der Waals surface area contributed by atoms with Crippen LogP contribution >= 0.6 is 0 Å². The van der Waals surface area contributed by atoms with Crippen molar-refractivity contribution in [2.45, 2.75) is 103 Å². The van der Waals surface area contributed by atoms with Crippen LogP contribution in [0.15, 0.2) is 12.2 Å². The topological polar surface area (TPSA) is 12.0 Å². The highest BCUT2D eigenvalue weighted by molar-refractivity contribution is 6.76. The molecule has 1 nitrogen and oxygen atoms in total. The lowest BCUT2D eigenvalue weighted by molar-refractivity contribution is 0.102. The number of rotatable bonds is 2. The molecule has 0 heterocycles. The van der Waals surface area contributed by atoms with Crippen molar-refractivity contribution in [3.8, 4) is 0 Å². The third-order valence-corrected chi connectivity index (χ3v) is 12.7. The fraction of sp³-hybridized carbons (Fsp3) is 0.917. The molecule has 26 heavy (non-hydrogen) atoms. The van der Waals surface area contributed by atoms with E-state index < -0.39 is 8.24 Å². The van der Waals surface area contributed by atoms with Crippen molar-refractivity contribution in [2.24, 2.45) is 35.5 Å². The van der Waals surface area contributed by atoms with Gasteiger partial charge in [-0.3, -0.25) is 0 Å². The second-order valence-electron chi connectivity index (χ2n) is 12.0. The first kappa shape index (κ1) is 19.2. The van der Waals surface area contributed by atoms with E-state index >= 15 is 0 Å². The van der Waals surface area contributed by atoms with E-state index in [4.69, 9.17) is 0 Å². The van der Waals surface area contributed by atoms with Gasteiger partial charge in [-0.25, -0.2) is 0 Å². The zero-order valence-electron chi connectivity index (χ0n) is 18.1. The first-order chi connectivity index (χ1) is 12.2. The Morgan fingerprint density at radius 3 is 2.35 bits per heavy atom. The van der Waals surface area contributed by atoms with Crippen LogP contribution in [0.4, 0.5) is 0 Å². The predicted molar refractivity (Wildman–Crippen MR) is 116 cm³/mol. The normalized spacial score (nSPS) is 43.6. The minimum atomic E-state index is -1.45. The van der Waals surface area contributed by atoms with Crippen LogP contribution in [-0.4, -0.2) is 13.8 Å². The van der Waals surface area contributed by atoms with Crippen LogP contribution in [0.3, 0.4) is 0 Å². The van der Waals surface area contributed by atoms with Gasteiger partial charge in [-0.05, 0) is 93.9 Å². The average Bonchev–Trinajstić information content (AvgIpc) is 2.88. The van der Waals surface area contributed by atoms with Crippen LogP contribution in [0.1, 0.15) is 78.6 Å². The van der Waals surface area contributed by atoms with Crippen molar-refractivity contribution in [1.82, 2.24) is 4.98 Å². The summed E-state index contributed by atoms with van der Waals surface area (Å²) in [4.78, 5) is 4.17. The van der Waals surface area contributed by atoms with E-state index in [1.165, 1.54) is 51.4 Å². The molecule has 0 spiro atoms. The monoisotopic (exact) mass is 373 g/mol. The predicted octanol–water partition coefficient (Wildman–Crippen LogP) is 6.77. The van der Waals surface area contributed by atoms with E-state index in [9.17, 15) is 0 Å². The van der Waals surface area contributed by atoms with Crippen LogP contribution in [0.2, 0.25) is 18.6 Å². The molecule has 7 unspecified atom stereocenters. The Hall–Kier alpha value is -0.0831. The molecule has 0 amide bonds. The highest BCUT2D eigenvalue weighted by Gasteiger charge is 2.57. The van der Waals surface area contributed by atoms with Crippen LogP contribution in [0.25, 0.3) is 0 Å². The average molecular weight is 374 g/mol. The molecule has 7 atom stereocenters. The van der Waals surface area contributed by atoms with Crippen molar-refractivity contribution in [1.29, 1.82) is 0 Å². The maximum atomic E-state index is 4.69. The summed E-state index contributed by atoms with van der Waals surface area (Å²) in [6, 6.07) is 0. The van der Waals surface area contributed by atoms with Crippen molar-refractivity contribution < 1.29 is 0 Å². The number of fused-ring (bicyclic) bond motifs is 2. The third kappa shape index (κ3) is 3.38. The van der Waals surface area contributed by atoms with E-state index in [-0.39, 0.29) is 5.54 Å². The zero-order chi connectivity index (χ0) is 18.7. The van der Waals surface area contributed by atoms with E-state index in [0.717, 1.165) is 41.0 Å². The van der Waals surface area contributed by atoms with E-state index in [1.54, 1.807) is 12.0 Å². The zero-order valence-corrected chi connectivity index (χ0v) is 19.1. The van der Waals surface area contributed by atoms with Crippen molar-refractivity contribution in [2.75, 3.05) is 0 Å². The van der Waals surface area contributed by atoms with Gasteiger partial charge in [0.25, 0.3) is 0 Å². The largest absolute Gasteiger partial charge is 0.332 e. The first-order valence-corrected chi connectivity index (χ1v) is 14.7. The molecular weight excluding hydrogens is 330 g/mol. The highest BCUT2D eigenvalue weighted by atomic mass is 28.3. The number of nitrogens with one attached hydrogen (secondary N) is 1. The minimum absolute atomic E-state index is 0.255. The summed E-state index contributed by atoms with van der Waals surface area (Å²) in [6.07, 6.45) is 13.3. The summed E-state index contributed by atoms with van der Waals surface area (Å²) >= 11 is 0. The lowest BCUT2D eigenvalue weighted by atomic mass is 9.65. The Labute approximate surface area is 163 Å². The Bertz CT molecular complexity index is 545. The molecular formula is C24H43NSi. The molecule has 0 radical (unpaired) electrons. The van der Waals surface area contributed by atoms with Crippen molar-refractivity contribution in [3.63, 3.8) is 0 Å². The van der Waals surface area contributed by atoms with Crippen LogP contribution in [-0.2, 0) is 0 Å². The fourth-order valence-electron chi connectivity index (χ4n) is 8.33. The summed E-state index contributed by atoms with van der Waals surface area (Å²) < 4.78 is 0. The number of hydrogen-bond donors (Lipinski definition) is 1. The second kappa shape index (κ2) is 6.76. The van der Waals surface area contributed by atoms with E-state index in [2.05, 4.69) is 45.4 Å². The van der Waals surface area contributed by atoms with Crippen LogP contribution < -0.4 is 4.98 Å². The van der Waals surface area contributed by atoms with E-state index in [0.29, 0.717) is 0 Å². The molecule has 4 aliphatic rings. The van der Waals surface area contributed by atoms with Gasteiger partial charge in [0.15, 0.2) is 0 Å². The molecule has 2 heteroatoms. The van der Waals surface area contributed by atoms with Crippen LogP contribution in [0, 0.1) is 35.5 Å². The van der Waals surface area contributed by atoms with Gasteiger partial charge in [0, 0.05) is 5.54 Å². The maximum absolute atomic E-state index is 4.69. The third-order valence-electron chi connectivity index (χ3n) is 8.74. The van der Waals surface area contributed by atoms with Gasteiger partial charge >= 0.3 is 0 Å². The number of hydrogen-bond acceptors (Lipinski definition) is 1. The highest BCUT2D eigenvalue weighted by Crippen LogP contribution is 2.64. The van der Waals surface area contributed by atoms with Gasteiger partial charge in [0.05, 0.1) is 0 Å². The van der Waals surface area contributed by atoms with Gasteiger partial charge in [-0.2, -0.15) is 0 Å². The molecule has 0 aliphatic heterocycles. The summed E-state index contributed by atoms with van der Waals surface area (Å²) in [5.74, 6) is 5.88. The van der Waals surface area contributed by atoms with E-state index in [1.807, 2.05) is 0 Å². The molecule has 4 aliphatic carbocycles. The molecule has 0 aromatic rings. The summed E-state index contributed by atoms with van der Waals surface area (Å²) in [6.45, 7) is 17.1. The van der Waals surface area contributed by atoms with Gasteiger partial charge in [-0.1, -0.05) is 50.9 Å². The van der Waals surface area contributed by atoms with Crippen LogP contribution in [0.5, 0.6) is 0 Å². The van der Waals surface area contributed by atoms with Gasteiger partial charge < -0.3 is 4.98 Å². The summed E-state index contributed by atoms with van der Waals surface area (Å²) in [5.41, 5.74) is 2.90. The lowest BCUT2D eigenvalue weighted by Crippen LogP contribution is -2.58. The minimum Gasteiger partial charge on any atom is -0.332 e.